The van der Waals surface area contributed by atoms with Crippen molar-refractivity contribution in [3.63, 3.8) is 0 Å². The Bertz CT molecular complexity index is 1250. The molecule has 4 rings (SSSR count). The molecule has 0 bridgehead atoms. The molecule has 3 aromatic carbocycles. The molecule has 1 atom stereocenters. The van der Waals surface area contributed by atoms with Crippen LogP contribution < -0.4 is 10.6 Å². The van der Waals surface area contributed by atoms with Crippen molar-refractivity contribution in [2.75, 3.05) is 13.1 Å². The number of hydrazone groups is 1. The van der Waals surface area contributed by atoms with Gasteiger partial charge in [-0.1, -0.05) is 48.5 Å². The van der Waals surface area contributed by atoms with E-state index >= 15 is 0 Å². The zero-order valence-corrected chi connectivity index (χ0v) is 20.0. The topological polar surface area (TPSA) is 73.8 Å². The van der Waals surface area contributed by atoms with Crippen molar-refractivity contribution in [2.24, 2.45) is 5.10 Å². The highest BCUT2D eigenvalue weighted by atomic mass is 19.1. The number of halogens is 2. The Morgan fingerprint density at radius 2 is 1.67 bits per heavy atom. The first-order valence-corrected chi connectivity index (χ1v) is 11.9. The summed E-state index contributed by atoms with van der Waals surface area (Å²) in [6, 6.07) is 21.1. The van der Waals surface area contributed by atoms with Crippen molar-refractivity contribution < 1.29 is 18.4 Å². The van der Waals surface area contributed by atoms with Gasteiger partial charge in [-0.3, -0.25) is 4.79 Å². The first kappa shape index (κ1) is 25.0. The smallest absolute Gasteiger partial charge is 0.338 e. The monoisotopic (exact) mass is 490 g/mol. The molecule has 1 aliphatic rings. The zero-order valence-electron chi connectivity index (χ0n) is 20.0. The highest BCUT2D eigenvalue weighted by Gasteiger charge is 2.47. The van der Waals surface area contributed by atoms with E-state index in [1.807, 2.05) is 36.4 Å². The van der Waals surface area contributed by atoms with Crippen LogP contribution in [0.4, 0.5) is 13.6 Å². The fourth-order valence-electron chi connectivity index (χ4n) is 4.52. The van der Waals surface area contributed by atoms with Crippen molar-refractivity contribution in [1.29, 1.82) is 0 Å². The van der Waals surface area contributed by atoms with E-state index in [4.69, 9.17) is 0 Å². The van der Waals surface area contributed by atoms with Crippen molar-refractivity contribution in [3.8, 4) is 0 Å². The molecule has 6 nitrogen and oxygen atoms in total. The van der Waals surface area contributed by atoms with Crippen LogP contribution in [0.2, 0.25) is 0 Å². The van der Waals surface area contributed by atoms with E-state index < -0.39 is 23.2 Å². The van der Waals surface area contributed by atoms with Gasteiger partial charge in [-0.05, 0) is 55.7 Å². The second-order valence-corrected chi connectivity index (χ2v) is 8.62. The van der Waals surface area contributed by atoms with Crippen LogP contribution in [0.1, 0.15) is 47.7 Å². The summed E-state index contributed by atoms with van der Waals surface area (Å²) in [6.45, 7) is 2.55. The summed E-state index contributed by atoms with van der Waals surface area (Å²) in [5.74, 6) is -1.38. The Hall–Kier alpha value is -4.07. The van der Waals surface area contributed by atoms with Gasteiger partial charge in [0, 0.05) is 30.6 Å². The second-order valence-electron chi connectivity index (χ2n) is 8.62. The van der Waals surface area contributed by atoms with Crippen molar-refractivity contribution in [1.82, 2.24) is 15.6 Å². The molecule has 1 unspecified atom stereocenters. The first-order valence-electron chi connectivity index (χ1n) is 11.9. The minimum absolute atomic E-state index is 0.0273. The van der Waals surface area contributed by atoms with Crippen LogP contribution >= 0.6 is 0 Å². The van der Waals surface area contributed by atoms with Crippen LogP contribution in [0.5, 0.6) is 0 Å². The average molecular weight is 491 g/mol. The minimum Gasteiger partial charge on any atom is -0.352 e. The van der Waals surface area contributed by atoms with Gasteiger partial charge in [0.05, 0.1) is 11.3 Å². The zero-order chi connectivity index (χ0) is 25.5. The predicted molar refractivity (Wildman–Crippen MR) is 135 cm³/mol. The van der Waals surface area contributed by atoms with E-state index in [0.717, 1.165) is 23.8 Å². The SMILES string of the molecule is CCNC(=O)N1N=C(c2cc(F)ccc2F)CC1(CCCNC(=O)c1ccccc1)c1ccccc1. The predicted octanol–water partition coefficient (Wildman–Crippen LogP) is 5.21. The van der Waals surface area contributed by atoms with Crippen LogP contribution in [0.15, 0.2) is 84.0 Å². The lowest BCUT2D eigenvalue weighted by Gasteiger charge is -2.37. The van der Waals surface area contributed by atoms with Crippen LogP contribution in [0.25, 0.3) is 0 Å². The maximum Gasteiger partial charge on any atom is 0.338 e. The van der Waals surface area contributed by atoms with E-state index in [0.29, 0.717) is 31.5 Å². The van der Waals surface area contributed by atoms with E-state index in [2.05, 4.69) is 15.7 Å². The Kier molecular flexibility index (Phi) is 7.73. The lowest BCUT2D eigenvalue weighted by atomic mass is 9.80. The maximum absolute atomic E-state index is 14.7. The maximum atomic E-state index is 14.7. The van der Waals surface area contributed by atoms with E-state index in [1.54, 1.807) is 31.2 Å². The lowest BCUT2D eigenvalue weighted by molar-refractivity contribution is 0.0943. The standard InChI is InChI=1S/C28H28F2N4O2/c1-2-31-27(36)34-28(21-12-7-4-8-13-21,16-9-17-32-26(35)20-10-5-3-6-11-20)19-25(33-34)23-18-22(29)14-15-24(23)30/h3-8,10-15,18H,2,9,16-17,19H2,1H3,(H,31,36)(H,32,35). The average Bonchev–Trinajstić information content (AvgIpc) is 3.30. The molecule has 0 saturated carbocycles. The van der Waals surface area contributed by atoms with Gasteiger partial charge in [0.25, 0.3) is 5.91 Å². The summed E-state index contributed by atoms with van der Waals surface area (Å²) in [4.78, 5) is 25.6. The third kappa shape index (κ3) is 5.27. The Morgan fingerprint density at radius 3 is 2.36 bits per heavy atom. The Morgan fingerprint density at radius 1 is 0.972 bits per heavy atom. The molecule has 36 heavy (non-hydrogen) atoms. The molecule has 186 valence electrons. The first-order chi connectivity index (χ1) is 17.4. The van der Waals surface area contributed by atoms with E-state index in [1.165, 1.54) is 5.01 Å². The molecule has 0 spiro atoms. The van der Waals surface area contributed by atoms with Gasteiger partial charge in [0.1, 0.15) is 11.6 Å². The van der Waals surface area contributed by atoms with Gasteiger partial charge in [-0.25, -0.2) is 18.6 Å². The number of hydrogen-bond acceptors (Lipinski definition) is 3. The number of carbonyl (C=O) groups excluding carboxylic acids is 2. The molecule has 0 aliphatic carbocycles. The normalized spacial score (nSPS) is 17.0. The van der Waals surface area contributed by atoms with Crippen LogP contribution in [-0.4, -0.2) is 35.7 Å². The summed E-state index contributed by atoms with van der Waals surface area (Å²) >= 11 is 0. The molecule has 1 heterocycles. The van der Waals surface area contributed by atoms with Crippen LogP contribution in [0.3, 0.4) is 0 Å². The lowest BCUT2D eigenvalue weighted by Crippen LogP contribution is -2.48. The Labute approximate surface area is 209 Å². The van der Waals surface area contributed by atoms with Gasteiger partial charge in [-0.2, -0.15) is 5.10 Å². The second kappa shape index (κ2) is 11.1. The van der Waals surface area contributed by atoms with E-state index in [-0.39, 0.29) is 23.6 Å². The number of rotatable bonds is 8. The number of benzene rings is 3. The molecular formula is C28H28F2N4O2. The molecule has 3 amide bonds. The number of urea groups is 1. The fraction of sp³-hybridized carbons (Fsp3) is 0.250. The van der Waals surface area contributed by atoms with Gasteiger partial charge >= 0.3 is 6.03 Å². The largest absolute Gasteiger partial charge is 0.352 e. The fourth-order valence-corrected chi connectivity index (χ4v) is 4.52. The highest BCUT2D eigenvalue weighted by Crippen LogP contribution is 2.43. The van der Waals surface area contributed by atoms with Gasteiger partial charge in [0.15, 0.2) is 0 Å². The third-order valence-corrected chi connectivity index (χ3v) is 6.25. The molecule has 0 saturated heterocycles. The highest BCUT2D eigenvalue weighted by molar-refractivity contribution is 6.04. The van der Waals surface area contributed by atoms with Gasteiger partial charge < -0.3 is 10.6 Å². The summed E-state index contributed by atoms with van der Waals surface area (Å²) in [7, 11) is 0. The number of hydrogen-bond donors (Lipinski definition) is 2. The van der Waals surface area contributed by atoms with Crippen molar-refractivity contribution >= 4 is 17.6 Å². The van der Waals surface area contributed by atoms with Crippen molar-refractivity contribution in [3.05, 3.63) is 107 Å². The molecule has 0 fully saturated rings. The molecule has 2 N–H and O–H groups in total. The summed E-state index contributed by atoms with van der Waals surface area (Å²) in [6.07, 6.45) is 1.16. The Balaban J connectivity index is 1.63. The van der Waals surface area contributed by atoms with Gasteiger partial charge in [-0.15, -0.1) is 0 Å². The molecule has 1 aliphatic heterocycles. The molecule has 0 aromatic heterocycles. The molecule has 8 heteroatoms. The molecular weight excluding hydrogens is 462 g/mol. The van der Waals surface area contributed by atoms with E-state index in [9.17, 15) is 18.4 Å². The molecule has 3 aromatic rings. The van der Waals surface area contributed by atoms with Crippen LogP contribution in [-0.2, 0) is 5.54 Å². The number of nitrogens with one attached hydrogen (secondary N) is 2. The quantitative estimate of drug-likeness (QED) is 0.426. The summed E-state index contributed by atoms with van der Waals surface area (Å²) in [5.41, 5.74) is 0.759. The van der Waals surface area contributed by atoms with Gasteiger partial charge in [0.2, 0.25) is 0 Å². The third-order valence-electron chi connectivity index (χ3n) is 6.25. The minimum atomic E-state index is -0.938. The number of amides is 3. The summed E-state index contributed by atoms with van der Waals surface area (Å²) in [5, 5.41) is 11.6. The number of carbonyl (C=O) groups is 2. The van der Waals surface area contributed by atoms with Crippen molar-refractivity contribution in [2.45, 2.75) is 31.7 Å². The number of nitrogens with zero attached hydrogens (tertiary/aromatic N) is 2. The summed E-state index contributed by atoms with van der Waals surface area (Å²) < 4.78 is 28.7. The molecule has 0 radical (unpaired) electrons. The van der Waals surface area contributed by atoms with Crippen LogP contribution in [0, 0.1) is 11.6 Å².